The highest BCUT2D eigenvalue weighted by Crippen LogP contribution is 2.29. The highest BCUT2D eigenvalue weighted by Gasteiger charge is 2.28. The molecule has 0 radical (unpaired) electrons. The number of halogens is 1. The minimum absolute atomic E-state index is 0.0440. The van der Waals surface area contributed by atoms with E-state index in [1.54, 1.807) is 12.1 Å². The minimum Gasteiger partial charge on any atom is -0.383 e. The van der Waals surface area contributed by atoms with Crippen molar-refractivity contribution in [3.05, 3.63) is 63.2 Å². The van der Waals surface area contributed by atoms with Gasteiger partial charge in [-0.05, 0) is 35.7 Å². The van der Waals surface area contributed by atoms with Gasteiger partial charge in [0.15, 0.2) is 0 Å². The van der Waals surface area contributed by atoms with Crippen LogP contribution in [0.1, 0.15) is 19.4 Å². The predicted molar refractivity (Wildman–Crippen MR) is 112 cm³/mol. The number of rotatable bonds is 9. The van der Waals surface area contributed by atoms with E-state index in [0.29, 0.717) is 5.56 Å². The Morgan fingerprint density at radius 3 is 2.37 bits per heavy atom. The summed E-state index contributed by atoms with van der Waals surface area (Å²) in [5.41, 5.74) is -0.0189. The van der Waals surface area contributed by atoms with E-state index in [2.05, 4.69) is 0 Å². The van der Waals surface area contributed by atoms with Crippen LogP contribution in [0.3, 0.4) is 0 Å². The molecule has 9 nitrogen and oxygen atoms in total. The molecular formula is C18H21ClN2O7S2. The number of hydrogen-bond donors (Lipinski definition) is 0. The highest BCUT2D eigenvalue weighted by molar-refractivity contribution is 7.89. The summed E-state index contributed by atoms with van der Waals surface area (Å²) >= 11 is 5.79. The number of nitrogens with zero attached hydrogens (tertiary/aromatic N) is 2. The van der Waals surface area contributed by atoms with Gasteiger partial charge in [0, 0.05) is 19.2 Å². The Morgan fingerprint density at radius 2 is 1.80 bits per heavy atom. The monoisotopic (exact) mass is 476 g/mol. The van der Waals surface area contributed by atoms with Crippen LogP contribution in [-0.2, 0) is 26.7 Å². The molecule has 0 saturated heterocycles. The summed E-state index contributed by atoms with van der Waals surface area (Å²) in [5, 5.41) is 11.0. The standard InChI is InChI=1S/C18H21ClN2O7S2/c1-13(2)11-20(12-14-5-4-6-15(9-14)28-29(3,24)25)30(26,27)16-7-8-17(19)18(10-16)21(22)23/h4-10,13H,11-12H2,1-3H3. The van der Waals surface area contributed by atoms with Gasteiger partial charge in [0.1, 0.15) is 10.8 Å². The van der Waals surface area contributed by atoms with Crippen LogP contribution < -0.4 is 4.18 Å². The normalized spacial score (nSPS) is 12.3. The van der Waals surface area contributed by atoms with Crippen LogP contribution in [0.15, 0.2) is 47.4 Å². The largest absolute Gasteiger partial charge is 0.383 e. The lowest BCUT2D eigenvalue weighted by Gasteiger charge is -2.24. The van der Waals surface area contributed by atoms with E-state index in [1.165, 1.54) is 28.6 Å². The van der Waals surface area contributed by atoms with Gasteiger partial charge in [-0.1, -0.05) is 37.6 Å². The molecule has 0 aliphatic carbocycles. The molecule has 164 valence electrons. The zero-order valence-electron chi connectivity index (χ0n) is 16.5. The first-order valence-corrected chi connectivity index (χ1v) is 12.4. The van der Waals surface area contributed by atoms with Gasteiger partial charge >= 0.3 is 10.1 Å². The van der Waals surface area contributed by atoms with E-state index in [0.717, 1.165) is 12.3 Å². The molecule has 0 aromatic heterocycles. The van der Waals surface area contributed by atoms with E-state index < -0.39 is 30.8 Å². The van der Waals surface area contributed by atoms with Gasteiger partial charge < -0.3 is 4.18 Å². The predicted octanol–water partition coefficient (Wildman–Crippen LogP) is 3.43. The lowest BCUT2D eigenvalue weighted by Crippen LogP contribution is -2.33. The Kier molecular flexibility index (Phi) is 7.45. The van der Waals surface area contributed by atoms with Crippen LogP contribution in [0.25, 0.3) is 0 Å². The summed E-state index contributed by atoms with van der Waals surface area (Å²) in [6.45, 7) is 3.71. The number of nitro groups is 1. The molecule has 0 bridgehead atoms. The summed E-state index contributed by atoms with van der Waals surface area (Å²) in [4.78, 5) is 10.1. The van der Waals surface area contributed by atoms with E-state index in [-0.39, 0.29) is 34.7 Å². The van der Waals surface area contributed by atoms with Gasteiger partial charge in [-0.3, -0.25) is 10.1 Å². The molecule has 0 fully saturated rings. The van der Waals surface area contributed by atoms with Crippen LogP contribution in [0, 0.1) is 16.0 Å². The molecule has 2 aromatic rings. The smallest absolute Gasteiger partial charge is 0.306 e. The fraction of sp³-hybridized carbons (Fsp3) is 0.333. The second-order valence-electron chi connectivity index (χ2n) is 7.00. The highest BCUT2D eigenvalue weighted by atomic mass is 35.5. The van der Waals surface area contributed by atoms with E-state index in [9.17, 15) is 26.9 Å². The van der Waals surface area contributed by atoms with Crippen molar-refractivity contribution in [1.29, 1.82) is 0 Å². The van der Waals surface area contributed by atoms with Gasteiger partial charge in [0.2, 0.25) is 10.0 Å². The van der Waals surface area contributed by atoms with Crippen molar-refractivity contribution in [2.45, 2.75) is 25.3 Å². The lowest BCUT2D eigenvalue weighted by atomic mass is 10.2. The molecule has 0 N–H and O–H groups in total. The minimum atomic E-state index is -4.10. The Balaban J connectivity index is 2.44. The SMILES string of the molecule is CC(C)CN(Cc1cccc(OS(C)(=O)=O)c1)S(=O)(=O)c1ccc(Cl)c([N+](=O)[O-])c1. The quantitative estimate of drug-likeness (QED) is 0.308. The van der Waals surface area contributed by atoms with Crippen molar-refractivity contribution >= 4 is 37.4 Å². The maximum absolute atomic E-state index is 13.2. The zero-order valence-corrected chi connectivity index (χ0v) is 18.9. The molecular weight excluding hydrogens is 456 g/mol. The third-order valence-corrected chi connectivity index (χ3v) is 6.45. The van der Waals surface area contributed by atoms with Gasteiger partial charge in [-0.2, -0.15) is 12.7 Å². The molecule has 2 aromatic carbocycles. The second kappa shape index (κ2) is 9.29. The fourth-order valence-electron chi connectivity index (χ4n) is 2.67. The van der Waals surface area contributed by atoms with Crippen LogP contribution >= 0.6 is 11.6 Å². The number of nitro benzene ring substituents is 1. The maximum Gasteiger partial charge on any atom is 0.306 e. The van der Waals surface area contributed by atoms with Gasteiger partial charge in [0.05, 0.1) is 16.1 Å². The van der Waals surface area contributed by atoms with Gasteiger partial charge in [-0.15, -0.1) is 0 Å². The molecule has 2 rings (SSSR count). The Bertz CT molecular complexity index is 1150. The summed E-state index contributed by atoms with van der Waals surface area (Å²) in [5.74, 6) is 0.0107. The van der Waals surface area contributed by atoms with Crippen molar-refractivity contribution in [2.24, 2.45) is 5.92 Å². The van der Waals surface area contributed by atoms with Crippen molar-refractivity contribution in [2.75, 3.05) is 12.8 Å². The third kappa shape index (κ3) is 6.39. The summed E-state index contributed by atoms with van der Waals surface area (Å²) < 4.78 is 55.1. The molecule has 0 aliphatic heterocycles. The molecule has 0 amide bonds. The van der Waals surface area contributed by atoms with Crippen LogP contribution in [0.5, 0.6) is 5.75 Å². The molecule has 0 heterocycles. The van der Waals surface area contributed by atoms with Crippen LogP contribution in [0.4, 0.5) is 5.69 Å². The molecule has 0 spiro atoms. The summed E-state index contributed by atoms with van der Waals surface area (Å²) in [7, 11) is -7.84. The first-order chi connectivity index (χ1) is 13.8. The van der Waals surface area contributed by atoms with Crippen molar-refractivity contribution < 1.29 is 25.9 Å². The van der Waals surface area contributed by atoms with E-state index in [1.807, 2.05) is 13.8 Å². The average molecular weight is 477 g/mol. The first kappa shape index (κ1) is 24.1. The third-order valence-electron chi connectivity index (χ3n) is 3.83. The van der Waals surface area contributed by atoms with Crippen molar-refractivity contribution in [1.82, 2.24) is 4.31 Å². The fourth-order valence-corrected chi connectivity index (χ4v) is 4.92. The van der Waals surface area contributed by atoms with E-state index >= 15 is 0 Å². The maximum atomic E-state index is 13.2. The molecule has 0 unspecified atom stereocenters. The Morgan fingerprint density at radius 1 is 1.13 bits per heavy atom. The number of hydrogen-bond acceptors (Lipinski definition) is 7. The van der Waals surface area contributed by atoms with Crippen LogP contribution in [0.2, 0.25) is 5.02 Å². The summed E-state index contributed by atoms with van der Waals surface area (Å²) in [6, 6.07) is 9.34. The first-order valence-electron chi connectivity index (χ1n) is 8.72. The molecule has 0 aliphatic rings. The average Bonchev–Trinajstić information content (AvgIpc) is 2.59. The number of benzene rings is 2. The van der Waals surface area contributed by atoms with Gasteiger partial charge in [0.25, 0.3) is 5.69 Å². The Labute approximate surface area is 180 Å². The van der Waals surface area contributed by atoms with E-state index in [4.69, 9.17) is 15.8 Å². The molecule has 12 heteroatoms. The lowest BCUT2D eigenvalue weighted by molar-refractivity contribution is -0.384. The molecule has 0 atom stereocenters. The topological polar surface area (TPSA) is 124 Å². The van der Waals surface area contributed by atoms with Crippen LogP contribution in [-0.4, -0.2) is 38.9 Å². The second-order valence-corrected chi connectivity index (χ2v) is 10.9. The summed E-state index contributed by atoms with van der Waals surface area (Å²) in [6.07, 6.45) is 0.905. The molecule has 30 heavy (non-hydrogen) atoms. The Hall–Kier alpha value is -2.21. The van der Waals surface area contributed by atoms with Gasteiger partial charge in [-0.25, -0.2) is 8.42 Å². The van der Waals surface area contributed by atoms with Crippen molar-refractivity contribution in [3.8, 4) is 5.75 Å². The van der Waals surface area contributed by atoms with Crippen molar-refractivity contribution in [3.63, 3.8) is 0 Å². The zero-order chi connectivity index (χ0) is 22.7. The molecule has 0 saturated carbocycles. The number of sulfonamides is 1.